The van der Waals surface area contributed by atoms with Gasteiger partial charge < -0.3 is 15.8 Å². The van der Waals surface area contributed by atoms with Crippen LogP contribution in [0.3, 0.4) is 0 Å². The largest absolute Gasteiger partial charge is 0.573 e. The minimum absolute atomic E-state index is 0.123. The third-order valence-corrected chi connectivity index (χ3v) is 4.91. The van der Waals surface area contributed by atoms with E-state index in [1.54, 1.807) is 18.2 Å². The molecule has 1 aromatic heterocycles. The predicted molar refractivity (Wildman–Crippen MR) is 106 cm³/mol. The molecule has 0 saturated carbocycles. The van der Waals surface area contributed by atoms with Crippen LogP contribution >= 0.6 is 11.3 Å². The van der Waals surface area contributed by atoms with Gasteiger partial charge in [-0.3, -0.25) is 14.9 Å². The van der Waals surface area contributed by atoms with Crippen LogP contribution in [0.4, 0.5) is 18.3 Å². The summed E-state index contributed by atoms with van der Waals surface area (Å²) in [6, 6.07) is 8.88. The summed E-state index contributed by atoms with van der Waals surface area (Å²) in [7, 11) is 0. The van der Waals surface area contributed by atoms with Crippen molar-refractivity contribution in [3.8, 4) is 5.75 Å². The van der Waals surface area contributed by atoms with Crippen LogP contribution in [0.1, 0.15) is 21.5 Å². The van der Waals surface area contributed by atoms with Crippen molar-refractivity contribution in [3.05, 3.63) is 53.1 Å². The summed E-state index contributed by atoms with van der Waals surface area (Å²) < 4.78 is 41.5. The maximum atomic E-state index is 12.7. The van der Waals surface area contributed by atoms with Crippen molar-refractivity contribution in [2.75, 3.05) is 11.9 Å². The molecule has 11 heteroatoms. The summed E-state index contributed by atoms with van der Waals surface area (Å²) >= 11 is 1.01. The first-order chi connectivity index (χ1) is 14.1. The maximum absolute atomic E-state index is 12.7. The highest BCUT2D eigenvalue weighted by atomic mass is 32.1. The molecule has 3 rings (SSSR count). The van der Waals surface area contributed by atoms with Gasteiger partial charge in [-0.2, -0.15) is 0 Å². The number of anilines is 1. The second kappa shape index (κ2) is 8.67. The second-order valence-electron chi connectivity index (χ2n) is 6.29. The SMILES string of the molecule is Cc1ccc(C(=O)Nc2nc3ccc(OC(F)(F)F)cc3s2)c(CNC(=O)CN)c1. The predicted octanol–water partition coefficient (Wildman–Crippen LogP) is 3.33. The molecule has 0 saturated heterocycles. The van der Waals surface area contributed by atoms with Gasteiger partial charge in [-0.25, -0.2) is 4.98 Å². The number of nitrogens with two attached hydrogens (primary N) is 1. The number of hydrogen-bond donors (Lipinski definition) is 3. The fourth-order valence-electron chi connectivity index (χ4n) is 2.68. The average Bonchev–Trinajstić information content (AvgIpc) is 3.06. The van der Waals surface area contributed by atoms with Crippen LogP contribution < -0.4 is 21.1 Å². The molecule has 4 N–H and O–H groups in total. The molecular weight excluding hydrogens is 421 g/mol. The Morgan fingerprint density at radius 2 is 1.97 bits per heavy atom. The number of aryl methyl sites for hydroxylation is 1. The van der Waals surface area contributed by atoms with E-state index in [9.17, 15) is 22.8 Å². The number of carbonyl (C=O) groups is 2. The Hall–Kier alpha value is -3.18. The molecule has 158 valence electrons. The Bertz CT molecular complexity index is 1100. The summed E-state index contributed by atoms with van der Waals surface area (Å²) in [6.45, 7) is 1.81. The van der Waals surface area contributed by atoms with Crippen molar-refractivity contribution in [3.63, 3.8) is 0 Å². The zero-order chi connectivity index (χ0) is 21.9. The highest BCUT2D eigenvalue weighted by Gasteiger charge is 2.31. The number of benzene rings is 2. The molecule has 0 radical (unpaired) electrons. The smallest absolute Gasteiger partial charge is 0.406 e. The summed E-state index contributed by atoms with van der Waals surface area (Å²) in [5, 5.41) is 5.48. The van der Waals surface area contributed by atoms with Gasteiger partial charge in [-0.15, -0.1) is 13.2 Å². The molecule has 7 nitrogen and oxygen atoms in total. The van der Waals surface area contributed by atoms with Crippen LogP contribution in [0.5, 0.6) is 5.75 Å². The van der Waals surface area contributed by atoms with Crippen molar-refractivity contribution in [1.29, 1.82) is 0 Å². The van der Waals surface area contributed by atoms with E-state index in [0.717, 1.165) is 23.0 Å². The van der Waals surface area contributed by atoms with Crippen LogP contribution in [-0.2, 0) is 11.3 Å². The molecule has 0 spiro atoms. The van der Waals surface area contributed by atoms with Crippen LogP contribution in [0, 0.1) is 6.92 Å². The van der Waals surface area contributed by atoms with Gasteiger partial charge in [-0.05, 0) is 30.7 Å². The van der Waals surface area contributed by atoms with Gasteiger partial charge in [0.15, 0.2) is 5.13 Å². The molecular formula is C19H17F3N4O3S. The van der Waals surface area contributed by atoms with E-state index in [2.05, 4.69) is 20.4 Å². The van der Waals surface area contributed by atoms with Gasteiger partial charge in [0.1, 0.15) is 5.75 Å². The number of aromatic nitrogens is 1. The maximum Gasteiger partial charge on any atom is 0.573 e. The van der Waals surface area contributed by atoms with E-state index < -0.39 is 12.3 Å². The van der Waals surface area contributed by atoms with Crippen molar-refractivity contribution < 1.29 is 27.5 Å². The molecule has 0 aliphatic heterocycles. The lowest BCUT2D eigenvalue weighted by atomic mass is 10.0. The number of nitrogens with one attached hydrogen (secondary N) is 2. The summed E-state index contributed by atoms with van der Waals surface area (Å²) in [6.07, 6.45) is -4.80. The van der Waals surface area contributed by atoms with Gasteiger partial charge >= 0.3 is 6.36 Å². The number of nitrogens with zero attached hydrogens (tertiary/aromatic N) is 1. The fraction of sp³-hybridized carbons (Fsp3) is 0.211. The molecule has 30 heavy (non-hydrogen) atoms. The third-order valence-electron chi connectivity index (χ3n) is 3.98. The minimum atomic E-state index is -4.80. The first kappa shape index (κ1) is 21.5. The Kier molecular flexibility index (Phi) is 6.22. The first-order valence-corrected chi connectivity index (χ1v) is 9.50. The summed E-state index contributed by atoms with van der Waals surface area (Å²) in [4.78, 5) is 28.4. The highest BCUT2D eigenvalue weighted by Crippen LogP contribution is 2.32. The molecule has 0 fully saturated rings. The standard InChI is InChI=1S/C19H17F3N4O3S/c1-10-2-4-13(11(6-10)9-24-16(27)8-23)17(28)26-18-25-14-5-3-12(7-15(14)30-18)29-19(20,21)22/h2-7H,8-9,23H2,1H3,(H,24,27)(H,25,26,28). The van der Waals surface area contributed by atoms with E-state index in [0.29, 0.717) is 21.3 Å². The van der Waals surface area contributed by atoms with Gasteiger partial charge in [0.25, 0.3) is 5.91 Å². The quantitative estimate of drug-likeness (QED) is 0.547. The van der Waals surface area contributed by atoms with E-state index in [1.807, 2.05) is 6.92 Å². The van der Waals surface area contributed by atoms with Crippen molar-refractivity contribution in [1.82, 2.24) is 10.3 Å². The lowest BCUT2D eigenvalue weighted by molar-refractivity contribution is -0.274. The van der Waals surface area contributed by atoms with Crippen LogP contribution in [-0.4, -0.2) is 29.7 Å². The monoisotopic (exact) mass is 438 g/mol. The lowest BCUT2D eigenvalue weighted by Crippen LogP contribution is -2.30. The number of hydrogen-bond acceptors (Lipinski definition) is 6. The van der Waals surface area contributed by atoms with E-state index in [4.69, 9.17) is 5.73 Å². The number of amides is 2. The molecule has 2 amide bonds. The Morgan fingerprint density at radius 3 is 2.67 bits per heavy atom. The molecule has 0 aliphatic carbocycles. The number of rotatable bonds is 6. The van der Waals surface area contributed by atoms with Crippen molar-refractivity contribution in [2.24, 2.45) is 5.73 Å². The molecule has 0 aliphatic rings. The summed E-state index contributed by atoms with van der Waals surface area (Å²) in [5.74, 6) is -1.18. The molecule has 2 aromatic carbocycles. The average molecular weight is 438 g/mol. The van der Waals surface area contributed by atoms with Gasteiger partial charge in [0.2, 0.25) is 5.91 Å². The van der Waals surface area contributed by atoms with E-state index in [1.165, 1.54) is 12.1 Å². The Balaban J connectivity index is 1.80. The number of halogens is 3. The normalized spacial score (nSPS) is 11.4. The van der Waals surface area contributed by atoms with Gasteiger partial charge in [0.05, 0.1) is 16.8 Å². The van der Waals surface area contributed by atoms with Gasteiger partial charge in [-0.1, -0.05) is 29.0 Å². The Morgan fingerprint density at radius 1 is 1.20 bits per heavy atom. The summed E-state index contributed by atoms with van der Waals surface area (Å²) in [5.41, 5.74) is 7.53. The number of carbonyl (C=O) groups excluding carboxylic acids is 2. The Labute approximate surface area is 173 Å². The number of ether oxygens (including phenoxy) is 1. The molecule has 0 bridgehead atoms. The van der Waals surface area contributed by atoms with Crippen LogP contribution in [0.2, 0.25) is 0 Å². The highest BCUT2D eigenvalue weighted by molar-refractivity contribution is 7.22. The molecule has 3 aromatic rings. The van der Waals surface area contributed by atoms with Crippen molar-refractivity contribution >= 4 is 38.5 Å². The zero-order valence-corrected chi connectivity index (χ0v) is 16.5. The number of thiazole rings is 1. The topological polar surface area (TPSA) is 106 Å². The van der Waals surface area contributed by atoms with Crippen LogP contribution in [0.15, 0.2) is 36.4 Å². The van der Waals surface area contributed by atoms with Crippen molar-refractivity contribution in [2.45, 2.75) is 19.8 Å². The first-order valence-electron chi connectivity index (χ1n) is 8.68. The molecule has 0 unspecified atom stereocenters. The third kappa shape index (κ3) is 5.45. The zero-order valence-electron chi connectivity index (χ0n) is 15.7. The fourth-order valence-corrected chi connectivity index (χ4v) is 3.57. The second-order valence-corrected chi connectivity index (χ2v) is 7.32. The molecule has 0 atom stereocenters. The minimum Gasteiger partial charge on any atom is -0.406 e. The number of fused-ring (bicyclic) bond motifs is 1. The number of alkyl halides is 3. The van der Waals surface area contributed by atoms with Crippen LogP contribution in [0.25, 0.3) is 10.2 Å². The van der Waals surface area contributed by atoms with Gasteiger partial charge in [0, 0.05) is 18.2 Å². The van der Waals surface area contributed by atoms with E-state index in [-0.39, 0.29) is 29.9 Å². The molecule has 1 heterocycles. The lowest BCUT2D eigenvalue weighted by Gasteiger charge is -2.11. The van der Waals surface area contributed by atoms with E-state index >= 15 is 0 Å².